The molecule has 0 heterocycles. The first-order chi connectivity index (χ1) is 14.1. The van der Waals surface area contributed by atoms with Crippen molar-refractivity contribution in [1.29, 1.82) is 0 Å². The van der Waals surface area contributed by atoms with Gasteiger partial charge in [-0.15, -0.1) is 0 Å². The SMILES string of the molecule is CCCC(c1ccc(OCc2ccccc2)cc1)(C(C)(C)C)C(C)(C)C(=O)OO[SiH3]. The average molecular weight is 429 g/mol. The van der Waals surface area contributed by atoms with Crippen LogP contribution >= 0.6 is 0 Å². The minimum absolute atomic E-state index is 0.191. The Morgan fingerprint density at radius 2 is 1.53 bits per heavy atom. The zero-order chi connectivity index (χ0) is 22.4. The molecule has 0 fully saturated rings. The number of rotatable bonds is 9. The molecule has 0 bridgehead atoms. The number of hydrogen-bond donors (Lipinski definition) is 0. The van der Waals surface area contributed by atoms with Crippen LogP contribution in [-0.4, -0.2) is 16.5 Å². The van der Waals surface area contributed by atoms with E-state index in [0.717, 1.165) is 29.7 Å². The quantitative estimate of drug-likeness (QED) is 0.315. The van der Waals surface area contributed by atoms with Crippen molar-refractivity contribution in [3.05, 3.63) is 65.7 Å². The van der Waals surface area contributed by atoms with E-state index in [9.17, 15) is 4.79 Å². The van der Waals surface area contributed by atoms with Crippen LogP contribution in [0.25, 0.3) is 0 Å². The van der Waals surface area contributed by atoms with Gasteiger partial charge >= 0.3 is 5.97 Å². The van der Waals surface area contributed by atoms with Crippen LogP contribution in [0.3, 0.4) is 0 Å². The minimum atomic E-state index is -0.780. The number of benzene rings is 2. The summed E-state index contributed by atoms with van der Waals surface area (Å²) in [4.78, 5) is 18.1. The summed E-state index contributed by atoms with van der Waals surface area (Å²) >= 11 is 0. The molecule has 0 amide bonds. The van der Waals surface area contributed by atoms with Gasteiger partial charge < -0.3 is 9.62 Å². The molecule has 4 nitrogen and oxygen atoms in total. The molecule has 1 unspecified atom stereocenters. The molecule has 2 aromatic rings. The van der Waals surface area contributed by atoms with E-state index in [0.29, 0.717) is 17.1 Å². The molecule has 164 valence electrons. The van der Waals surface area contributed by atoms with Crippen LogP contribution in [0.5, 0.6) is 5.75 Å². The predicted octanol–water partition coefficient (Wildman–Crippen LogP) is 5.13. The molecule has 0 radical (unpaired) electrons. The first-order valence-electron chi connectivity index (χ1n) is 10.6. The summed E-state index contributed by atoms with van der Waals surface area (Å²) in [7, 11) is 0.348. The highest BCUT2D eigenvalue weighted by Gasteiger charge is 2.57. The zero-order valence-electron chi connectivity index (χ0n) is 19.5. The summed E-state index contributed by atoms with van der Waals surface area (Å²) in [5.74, 6) is 0.482. The highest BCUT2D eigenvalue weighted by atomic mass is 28.2. The Bertz CT molecular complexity index is 809. The van der Waals surface area contributed by atoms with Crippen molar-refractivity contribution in [3.8, 4) is 5.75 Å². The van der Waals surface area contributed by atoms with Crippen LogP contribution in [-0.2, 0) is 26.3 Å². The second-order valence-corrected chi connectivity index (χ2v) is 9.70. The predicted molar refractivity (Wildman–Crippen MR) is 124 cm³/mol. The van der Waals surface area contributed by atoms with Crippen LogP contribution in [0, 0.1) is 10.8 Å². The maximum Gasteiger partial charge on any atom is 0.347 e. The molecule has 0 N–H and O–H groups in total. The van der Waals surface area contributed by atoms with Crippen LogP contribution in [0.15, 0.2) is 54.6 Å². The fourth-order valence-electron chi connectivity index (χ4n) is 4.87. The molecule has 5 heteroatoms. The van der Waals surface area contributed by atoms with Gasteiger partial charge in [0.05, 0.1) is 5.41 Å². The van der Waals surface area contributed by atoms with Gasteiger partial charge in [-0.05, 0) is 48.9 Å². The lowest BCUT2D eigenvalue weighted by Gasteiger charge is -2.54. The van der Waals surface area contributed by atoms with E-state index in [2.05, 4.69) is 39.8 Å². The van der Waals surface area contributed by atoms with Crippen LogP contribution < -0.4 is 4.74 Å². The van der Waals surface area contributed by atoms with Crippen molar-refractivity contribution in [2.24, 2.45) is 10.8 Å². The molecule has 0 spiro atoms. The fraction of sp³-hybridized carbons (Fsp3) is 0.480. The third-order valence-corrected chi connectivity index (χ3v) is 6.40. The Labute approximate surface area is 184 Å². The van der Waals surface area contributed by atoms with Gasteiger partial charge in [0.15, 0.2) is 0 Å². The van der Waals surface area contributed by atoms with Crippen molar-refractivity contribution in [1.82, 2.24) is 0 Å². The summed E-state index contributed by atoms with van der Waals surface area (Å²) in [6.07, 6.45) is 1.80. The second-order valence-electron chi connectivity index (χ2n) is 9.37. The monoisotopic (exact) mass is 428 g/mol. The Kier molecular flexibility index (Phi) is 7.89. The van der Waals surface area contributed by atoms with Gasteiger partial charge in [0.2, 0.25) is 10.5 Å². The fourth-order valence-corrected chi connectivity index (χ4v) is 5.02. The van der Waals surface area contributed by atoms with Crippen molar-refractivity contribution in [3.63, 3.8) is 0 Å². The van der Waals surface area contributed by atoms with E-state index >= 15 is 0 Å². The molecular weight excluding hydrogens is 392 g/mol. The largest absolute Gasteiger partial charge is 0.489 e. The normalized spacial score (nSPS) is 14.2. The molecule has 0 aliphatic rings. The maximum absolute atomic E-state index is 13.0. The van der Waals surface area contributed by atoms with Gasteiger partial charge in [-0.3, -0.25) is 4.58 Å². The van der Waals surface area contributed by atoms with Crippen molar-refractivity contribution in [2.75, 3.05) is 0 Å². The number of carbonyl (C=O) groups excluding carboxylic acids is 1. The molecular formula is C25H36O4Si. The number of ether oxygens (including phenoxy) is 1. The van der Waals surface area contributed by atoms with Crippen LogP contribution in [0.1, 0.15) is 65.5 Å². The minimum Gasteiger partial charge on any atom is -0.489 e. The highest BCUT2D eigenvalue weighted by Crippen LogP contribution is 2.57. The van der Waals surface area contributed by atoms with Crippen LogP contribution in [0.2, 0.25) is 0 Å². The van der Waals surface area contributed by atoms with Gasteiger partial charge in [0, 0.05) is 5.41 Å². The smallest absolute Gasteiger partial charge is 0.347 e. The van der Waals surface area contributed by atoms with E-state index in [1.807, 2.05) is 56.3 Å². The van der Waals surface area contributed by atoms with Gasteiger partial charge in [-0.1, -0.05) is 76.6 Å². The summed E-state index contributed by atoms with van der Waals surface area (Å²) in [5.41, 5.74) is 0.827. The van der Waals surface area contributed by atoms with Crippen molar-refractivity contribution < 1.29 is 19.0 Å². The van der Waals surface area contributed by atoms with E-state index in [4.69, 9.17) is 14.2 Å². The second kappa shape index (κ2) is 9.80. The Balaban J connectivity index is 2.42. The van der Waals surface area contributed by atoms with E-state index in [-0.39, 0.29) is 11.4 Å². The first-order valence-corrected chi connectivity index (χ1v) is 11.4. The molecule has 0 aromatic heterocycles. The van der Waals surface area contributed by atoms with Gasteiger partial charge in [-0.2, -0.15) is 0 Å². The molecule has 0 saturated carbocycles. The lowest BCUT2D eigenvalue weighted by molar-refractivity contribution is -0.229. The third kappa shape index (κ3) is 4.78. The lowest BCUT2D eigenvalue weighted by atomic mass is 9.49. The standard InChI is InChI=1S/C25H36O4Si/c1-7-17-25(23(2,3)4,24(5,6)22(26)28-29-30)20-13-15-21(16-14-20)27-18-19-11-9-8-10-12-19/h8-16H,7,17-18H2,1-6,30H3. The number of carbonyl (C=O) groups is 1. The van der Waals surface area contributed by atoms with E-state index in [1.54, 1.807) is 0 Å². The summed E-state index contributed by atoms with van der Waals surface area (Å²) < 4.78 is 10.8. The Hall–Kier alpha value is -2.11. The molecule has 0 aliphatic carbocycles. The summed E-state index contributed by atoms with van der Waals surface area (Å²) in [5, 5.41) is 0. The van der Waals surface area contributed by atoms with E-state index in [1.165, 1.54) is 0 Å². The molecule has 0 aliphatic heterocycles. The molecule has 2 rings (SSSR count). The van der Waals surface area contributed by atoms with Crippen LogP contribution in [0.4, 0.5) is 0 Å². The molecule has 0 saturated heterocycles. The lowest BCUT2D eigenvalue weighted by Crippen LogP contribution is -2.55. The molecule has 30 heavy (non-hydrogen) atoms. The summed E-state index contributed by atoms with van der Waals surface area (Å²) in [6, 6.07) is 18.3. The average Bonchev–Trinajstić information content (AvgIpc) is 2.71. The molecule has 1 atom stereocenters. The van der Waals surface area contributed by atoms with Gasteiger partial charge in [0.25, 0.3) is 0 Å². The van der Waals surface area contributed by atoms with Gasteiger partial charge in [0.1, 0.15) is 12.4 Å². The Morgan fingerprint density at radius 3 is 2.03 bits per heavy atom. The zero-order valence-corrected chi connectivity index (χ0v) is 21.5. The maximum atomic E-state index is 13.0. The molecule has 2 aromatic carbocycles. The van der Waals surface area contributed by atoms with Crippen molar-refractivity contribution >= 4 is 16.5 Å². The van der Waals surface area contributed by atoms with Gasteiger partial charge in [-0.25, -0.2) is 4.79 Å². The Morgan fingerprint density at radius 1 is 0.933 bits per heavy atom. The summed E-state index contributed by atoms with van der Waals surface area (Å²) in [6.45, 7) is 13.2. The highest BCUT2D eigenvalue weighted by molar-refractivity contribution is 5.98. The van der Waals surface area contributed by atoms with E-state index < -0.39 is 10.8 Å². The topological polar surface area (TPSA) is 44.8 Å². The first kappa shape index (κ1) is 24.2. The number of hydrogen-bond acceptors (Lipinski definition) is 4. The third-order valence-electron chi connectivity index (χ3n) is 6.24. The van der Waals surface area contributed by atoms with Crippen molar-refractivity contribution in [2.45, 2.75) is 66.4 Å².